The molecule has 1 aliphatic heterocycles. The van der Waals surface area contributed by atoms with E-state index in [9.17, 15) is 4.79 Å². The topological polar surface area (TPSA) is 66.0 Å². The van der Waals surface area contributed by atoms with Gasteiger partial charge in [0.25, 0.3) is 0 Å². The minimum atomic E-state index is -0.301. The van der Waals surface area contributed by atoms with Crippen molar-refractivity contribution in [2.45, 2.75) is 32.6 Å². The molecular formula is C33H32ClNO5. The summed E-state index contributed by atoms with van der Waals surface area (Å²) in [5.41, 5.74) is 4.57. The van der Waals surface area contributed by atoms with E-state index >= 15 is 0 Å². The van der Waals surface area contributed by atoms with Gasteiger partial charge >= 0.3 is 0 Å². The lowest BCUT2D eigenvalue weighted by atomic mass is 9.67. The summed E-state index contributed by atoms with van der Waals surface area (Å²) >= 11 is 6.31. The molecule has 6 nitrogen and oxygen atoms in total. The Kier molecular flexibility index (Phi) is 6.34. The molecule has 6 rings (SSSR count). The molecule has 0 fully saturated rings. The Morgan fingerprint density at radius 2 is 1.25 bits per heavy atom. The van der Waals surface area contributed by atoms with Crippen LogP contribution in [-0.4, -0.2) is 34.2 Å². The van der Waals surface area contributed by atoms with E-state index in [0.29, 0.717) is 34.4 Å². The van der Waals surface area contributed by atoms with Crippen molar-refractivity contribution in [3.05, 3.63) is 76.0 Å². The largest absolute Gasteiger partial charge is 0.493 e. The van der Waals surface area contributed by atoms with Gasteiger partial charge in [-0.25, -0.2) is 0 Å². The molecule has 0 saturated heterocycles. The monoisotopic (exact) mass is 557 g/mol. The zero-order valence-electron chi connectivity index (χ0n) is 23.5. The molecule has 40 heavy (non-hydrogen) atoms. The zero-order chi connectivity index (χ0) is 28.3. The molecule has 1 atom stereocenters. The average Bonchev–Trinajstić information content (AvgIpc) is 2.94. The summed E-state index contributed by atoms with van der Waals surface area (Å²) in [7, 11) is 6.53. The highest BCUT2D eigenvalue weighted by Crippen LogP contribution is 2.55. The summed E-state index contributed by atoms with van der Waals surface area (Å²) in [6.07, 6.45) is 1.25. The molecule has 7 heteroatoms. The van der Waals surface area contributed by atoms with Crippen molar-refractivity contribution < 1.29 is 23.7 Å². The molecular weight excluding hydrogens is 526 g/mol. The molecule has 0 saturated carbocycles. The lowest BCUT2D eigenvalue weighted by Crippen LogP contribution is -2.34. The van der Waals surface area contributed by atoms with Crippen molar-refractivity contribution in [2.75, 3.05) is 33.8 Å². The van der Waals surface area contributed by atoms with E-state index < -0.39 is 0 Å². The molecule has 0 bridgehead atoms. The number of benzene rings is 4. The van der Waals surface area contributed by atoms with Gasteiger partial charge in [-0.3, -0.25) is 4.79 Å². The Balaban J connectivity index is 1.80. The number of fused-ring (bicyclic) bond motifs is 6. The molecule has 1 heterocycles. The Morgan fingerprint density at radius 1 is 0.750 bits per heavy atom. The number of methoxy groups -OCH3 is 4. The second-order valence-corrected chi connectivity index (χ2v) is 11.7. The van der Waals surface area contributed by atoms with Gasteiger partial charge in [0.05, 0.1) is 34.1 Å². The number of ether oxygens (including phenoxy) is 4. The predicted molar refractivity (Wildman–Crippen MR) is 160 cm³/mol. The minimum absolute atomic E-state index is 0.158. The molecule has 0 aromatic heterocycles. The van der Waals surface area contributed by atoms with Gasteiger partial charge in [-0.1, -0.05) is 37.6 Å². The van der Waals surface area contributed by atoms with Crippen LogP contribution in [0.25, 0.3) is 21.5 Å². The lowest BCUT2D eigenvalue weighted by Gasteiger charge is -2.40. The first-order chi connectivity index (χ1) is 19.2. The van der Waals surface area contributed by atoms with E-state index in [1.165, 1.54) is 0 Å². The number of anilines is 1. The van der Waals surface area contributed by atoms with Crippen LogP contribution in [-0.2, 0) is 4.79 Å². The number of carbonyl (C=O) groups is 1. The number of nitrogens with one attached hydrogen (secondary N) is 1. The van der Waals surface area contributed by atoms with Crippen molar-refractivity contribution in [3.63, 3.8) is 0 Å². The smallest absolute Gasteiger partial charge is 0.162 e. The second-order valence-electron chi connectivity index (χ2n) is 11.2. The quantitative estimate of drug-likeness (QED) is 0.252. The third-order valence-corrected chi connectivity index (χ3v) is 8.39. The number of ketones is 1. The minimum Gasteiger partial charge on any atom is -0.493 e. The Morgan fingerprint density at radius 3 is 1.80 bits per heavy atom. The zero-order valence-corrected chi connectivity index (χ0v) is 24.3. The highest BCUT2D eigenvalue weighted by molar-refractivity contribution is 6.30. The molecule has 1 unspecified atom stereocenters. The van der Waals surface area contributed by atoms with Crippen LogP contribution < -0.4 is 24.3 Å². The first kappa shape index (κ1) is 26.3. The van der Waals surface area contributed by atoms with Crippen LogP contribution in [0.3, 0.4) is 0 Å². The van der Waals surface area contributed by atoms with Gasteiger partial charge in [0.1, 0.15) is 0 Å². The van der Waals surface area contributed by atoms with Gasteiger partial charge in [-0.05, 0) is 75.5 Å². The van der Waals surface area contributed by atoms with Crippen molar-refractivity contribution in [2.24, 2.45) is 5.41 Å². The van der Waals surface area contributed by atoms with E-state index in [4.69, 9.17) is 30.5 Å². The summed E-state index contributed by atoms with van der Waals surface area (Å²) in [5.74, 6) is 2.35. The van der Waals surface area contributed by atoms with Gasteiger partial charge in [0, 0.05) is 34.0 Å². The number of Topliss-reactive ketones (excluding diaryl/α,β-unsaturated/α-hetero) is 1. The standard InChI is InChI=1S/C33H32ClNO5/c1-33(2)15-23-31(24(36)16-33)29(17-7-9-18(34)10-8-17)30-21-13-27(39-5)25(37-3)11-19(21)20-12-26(38-4)28(40-6)14-22(20)32(30)35-23/h7-14,29,35H,15-16H2,1-6H3. The second kappa shape index (κ2) is 9.63. The van der Waals surface area contributed by atoms with Crippen molar-refractivity contribution >= 4 is 44.6 Å². The number of halogens is 1. The lowest BCUT2D eigenvalue weighted by molar-refractivity contribution is -0.118. The van der Waals surface area contributed by atoms with E-state index in [-0.39, 0.29) is 17.1 Å². The van der Waals surface area contributed by atoms with Crippen LogP contribution in [0.1, 0.15) is 43.7 Å². The normalized spacial score (nSPS) is 17.8. The van der Waals surface area contributed by atoms with E-state index in [1.54, 1.807) is 28.4 Å². The van der Waals surface area contributed by atoms with Gasteiger partial charge in [0.2, 0.25) is 0 Å². The first-order valence-corrected chi connectivity index (χ1v) is 13.6. The first-order valence-electron chi connectivity index (χ1n) is 13.3. The predicted octanol–water partition coefficient (Wildman–Crippen LogP) is 7.88. The van der Waals surface area contributed by atoms with Crippen LogP contribution in [0.2, 0.25) is 5.02 Å². The summed E-state index contributed by atoms with van der Waals surface area (Å²) in [6, 6.07) is 15.8. The summed E-state index contributed by atoms with van der Waals surface area (Å²) < 4.78 is 22.9. The summed E-state index contributed by atoms with van der Waals surface area (Å²) in [6.45, 7) is 4.29. The Hall–Kier alpha value is -3.90. The van der Waals surface area contributed by atoms with Gasteiger partial charge < -0.3 is 24.3 Å². The number of rotatable bonds is 5. The molecule has 2 aliphatic rings. The highest BCUT2D eigenvalue weighted by Gasteiger charge is 2.42. The highest BCUT2D eigenvalue weighted by atomic mass is 35.5. The van der Waals surface area contributed by atoms with Crippen LogP contribution in [0, 0.1) is 5.41 Å². The van der Waals surface area contributed by atoms with Crippen LogP contribution in [0.4, 0.5) is 5.69 Å². The molecule has 1 aliphatic carbocycles. The maximum atomic E-state index is 13.9. The molecule has 1 N–H and O–H groups in total. The van der Waals surface area contributed by atoms with Crippen molar-refractivity contribution in [3.8, 4) is 23.0 Å². The molecule has 0 radical (unpaired) electrons. The van der Waals surface area contributed by atoms with Gasteiger partial charge in [0.15, 0.2) is 28.8 Å². The average molecular weight is 558 g/mol. The molecule has 0 amide bonds. The van der Waals surface area contributed by atoms with Gasteiger partial charge in [-0.15, -0.1) is 0 Å². The summed E-state index contributed by atoms with van der Waals surface area (Å²) in [5, 5.41) is 8.26. The van der Waals surface area contributed by atoms with Crippen molar-refractivity contribution in [1.29, 1.82) is 0 Å². The van der Waals surface area contributed by atoms with Gasteiger partial charge in [-0.2, -0.15) is 0 Å². The maximum absolute atomic E-state index is 13.9. The third-order valence-electron chi connectivity index (χ3n) is 8.14. The van der Waals surface area contributed by atoms with E-state index in [2.05, 4.69) is 19.2 Å². The fourth-order valence-corrected chi connectivity index (χ4v) is 6.54. The van der Waals surface area contributed by atoms with Crippen LogP contribution in [0.5, 0.6) is 23.0 Å². The number of hydrogen-bond donors (Lipinski definition) is 1. The molecule has 4 aromatic carbocycles. The maximum Gasteiger partial charge on any atom is 0.162 e. The molecule has 206 valence electrons. The number of hydrogen-bond acceptors (Lipinski definition) is 6. The Labute approximate surface area is 238 Å². The molecule has 0 spiro atoms. The van der Waals surface area contributed by atoms with E-state index in [0.717, 1.165) is 56.1 Å². The SMILES string of the molecule is COc1cc2c3c(c4cc(OC)c(OC)cc4c2cc1OC)C(c1ccc(Cl)cc1)C1=C(CC(C)(C)CC1=O)N3. The summed E-state index contributed by atoms with van der Waals surface area (Å²) in [4.78, 5) is 13.9. The van der Waals surface area contributed by atoms with Crippen molar-refractivity contribution in [1.82, 2.24) is 0 Å². The van der Waals surface area contributed by atoms with E-state index in [1.807, 2.05) is 48.5 Å². The number of allylic oxidation sites excluding steroid dienone is 2. The van der Waals surface area contributed by atoms with Crippen LogP contribution in [0.15, 0.2) is 59.8 Å². The number of carbonyl (C=O) groups excluding carboxylic acids is 1. The Bertz CT molecular complexity index is 1720. The fraction of sp³-hybridized carbons (Fsp3) is 0.303. The van der Waals surface area contributed by atoms with Crippen LogP contribution >= 0.6 is 11.6 Å². The molecule has 4 aromatic rings. The third kappa shape index (κ3) is 4.05. The fourth-order valence-electron chi connectivity index (χ4n) is 6.41.